The first-order valence-corrected chi connectivity index (χ1v) is 13.5. The van der Waals surface area contributed by atoms with Crippen LogP contribution in [0.15, 0.2) is 30.3 Å². The molecule has 15 heteroatoms. The summed E-state index contributed by atoms with van der Waals surface area (Å²) in [6.45, 7) is 4.28. The van der Waals surface area contributed by atoms with Gasteiger partial charge in [0.05, 0.1) is 56.7 Å². The molecule has 1 heterocycles. The summed E-state index contributed by atoms with van der Waals surface area (Å²) in [4.78, 5) is 40.8. The molecule has 2 aromatic carbocycles. The lowest BCUT2D eigenvalue weighted by Crippen LogP contribution is -2.47. The van der Waals surface area contributed by atoms with Gasteiger partial charge in [0.2, 0.25) is 0 Å². The first kappa shape index (κ1) is 34.3. The van der Waals surface area contributed by atoms with Crippen LogP contribution in [0, 0.1) is 0 Å². The smallest absolute Gasteiger partial charge is 0.416 e. The number of benzene rings is 2. The second-order valence-electron chi connectivity index (χ2n) is 9.89. The first-order chi connectivity index (χ1) is 20.5. The monoisotopic (exact) mass is 634 g/mol. The van der Waals surface area contributed by atoms with E-state index in [0.29, 0.717) is 17.7 Å². The van der Waals surface area contributed by atoms with E-state index in [4.69, 9.17) is 18.9 Å². The molecule has 0 radical (unpaired) electrons. The standard InChI is InChI=1S/C29H32F6N2O7/c1-6-43-25(38)12-18-11-23-21(14-24(18)41-4)22(8-16(3)37(23)27(40)44-7-2)36(26(39)42-5)15-17-9-19(28(30,31)32)13-20(10-17)29(33,34)35/h9-11,13-14,16,22H,6-8,12,15H2,1-5H3/t16-,22+/m1/s1. The molecule has 2 atom stereocenters. The van der Waals surface area contributed by atoms with Gasteiger partial charge in [-0.3, -0.25) is 14.6 Å². The number of ether oxygens (including phenoxy) is 4. The fourth-order valence-electron chi connectivity index (χ4n) is 5.08. The van der Waals surface area contributed by atoms with E-state index in [1.165, 1.54) is 24.1 Å². The zero-order valence-electron chi connectivity index (χ0n) is 24.6. The number of carbonyl (C=O) groups is 3. The van der Waals surface area contributed by atoms with E-state index >= 15 is 0 Å². The molecular formula is C29H32F6N2O7. The fourth-order valence-corrected chi connectivity index (χ4v) is 5.08. The van der Waals surface area contributed by atoms with E-state index in [9.17, 15) is 40.7 Å². The van der Waals surface area contributed by atoms with Gasteiger partial charge < -0.3 is 18.9 Å². The van der Waals surface area contributed by atoms with E-state index in [1.807, 2.05) is 0 Å². The molecule has 0 aromatic heterocycles. The summed E-state index contributed by atoms with van der Waals surface area (Å²) in [5, 5.41) is 0. The number of esters is 1. The Balaban J connectivity index is 2.22. The highest BCUT2D eigenvalue weighted by atomic mass is 19.4. The lowest BCUT2D eigenvalue weighted by atomic mass is 9.88. The lowest BCUT2D eigenvalue weighted by molar-refractivity contribution is -0.144. The minimum atomic E-state index is -5.10. The predicted octanol–water partition coefficient (Wildman–Crippen LogP) is 6.90. The van der Waals surface area contributed by atoms with Crippen molar-refractivity contribution in [2.45, 2.75) is 64.6 Å². The van der Waals surface area contributed by atoms with Gasteiger partial charge in [-0.2, -0.15) is 26.3 Å². The molecule has 3 rings (SSSR count). The Morgan fingerprint density at radius 3 is 2.00 bits per heavy atom. The van der Waals surface area contributed by atoms with Gasteiger partial charge in [-0.25, -0.2) is 9.59 Å². The van der Waals surface area contributed by atoms with Crippen LogP contribution in [-0.4, -0.2) is 56.5 Å². The van der Waals surface area contributed by atoms with Crippen molar-refractivity contribution in [3.8, 4) is 5.75 Å². The number of rotatable bonds is 8. The van der Waals surface area contributed by atoms with Crippen molar-refractivity contribution in [2.75, 3.05) is 32.3 Å². The molecule has 0 N–H and O–H groups in total. The first-order valence-electron chi connectivity index (χ1n) is 13.5. The number of amides is 2. The zero-order valence-corrected chi connectivity index (χ0v) is 24.6. The number of halogens is 6. The average molecular weight is 635 g/mol. The van der Waals surface area contributed by atoms with E-state index in [1.54, 1.807) is 20.8 Å². The molecule has 0 aliphatic carbocycles. The maximum atomic E-state index is 13.6. The second kappa shape index (κ2) is 13.6. The summed E-state index contributed by atoms with van der Waals surface area (Å²) >= 11 is 0. The highest BCUT2D eigenvalue weighted by Crippen LogP contribution is 2.45. The van der Waals surface area contributed by atoms with Crippen molar-refractivity contribution in [3.63, 3.8) is 0 Å². The number of hydrogen-bond acceptors (Lipinski definition) is 7. The van der Waals surface area contributed by atoms with Gasteiger partial charge in [-0.1, -0.05) is 0 Å². The Bertz CT molecular complexity index is 1350. The van der Waals surface area contributed by atoms with Gasteiger partial charge in [-0.05, 0) is 63.1 Å². The number of carbonyl (C=O) groups excluding carboxylic acids is 3. The molecule has 242 valence electrons. The number of hydrogen-bond donors (Lipinski definition) is 0. The quantitative estimate of drug-likeness (QED) is 0.177. The van der Waals surface area contributed by atoms with Crippen molar-refractivity contribution in [3.05, 3.63) is 58.1 Å². The van der Waals surface area contributed by atoms with Crippen molar-refractivity contribution < 1.29 is 59.7 Å². The Morgan fingerprint density at radius 1 is 0.909 bits per heavy atom. The summed E-state index contributed by atoms with van der Waals surface area (Å²) in [5.41, 5.74) is -2.75. The van der Waals surface area contributed by atoms with Crippen LogP contribution in [0.25, 0.3) is 0 Å². The van der Waals surface area contributed by atoms with Crippen LogP contribution < -0.4 is 9.64 Å². The zero-order chi connectivity index (χ0) is 33.0. The van der Waals surface area contributed by atoms with E-state index < -0.39 is 65.8 Å². The Morgan fingerprint density at radius 2 is 1.50 bits per heavy atom. The normalized spacial score (nSPS) is 16.6. The summed E-state index contributed by atoms with van der Waals surface area (Å²) in [5.74, 6) is -0.418. The summed E-state index contributed by atoms with van der Waals surface area (Å²) in [7, 11) is 2.34. The van der Waals surface area contributed by atoms with E-state index in [2.05, 4.69) is 0 Å². The average Bonchev–Trinajstić information content (AvgIpc) is 2.94. The van der Waals surface area contributed by atoms with Gasteiger partial charge >= 0.3 is 30.5 Å². The van der Waals surface area contributed by atoms with Gasteiger partial charge in [-0.15, -0.1) is 0 Å². The Labute approximate surface area is 249 Å². The molecule has 0 spiro atoms. The lowest BCUT2D eigenvalue weighted by Gasteiger charge is -2.43. The molecule has 2 aromatic rings. The van der Waals surface area contributed by atoms with Crippen LogP contribution in [0.1, 0.15) is 61.1 Å². The number of fused-ring (bicyclic) bond motifs is 1. The Kier molecular flexibility index (Phi) is 10.6. The van der Waals surface area contributed by atoms with Gasteiger partial charge in [0, 0.05) is 23.7 Å². The van der Waals surface area contributed by atoms with Gasteiger partial charge in [0.15, 0.2) is 0 Å². The molecule has 0 saturated heterocycles. The van der Waals surface area contributed by atoms with Crippen LogP contribution in [0.5, 0.6) is 5.75 Å². The van der Waals surface area contributed by atoms with Crippen molar-refractivity contribution in [1.29, 1.82) is 0 Å². The third-order valence-corrected chi connectivity index (χ3v) is 6.94. The van der Waals surface area contributed by atoms with Crippen molar-refractivity contribution in [2.24, 2.45) is 0 Å². The summed E-state index contributed by atoms with van der Waals surface area (Å²) in [6, 6.07) is 2.29. The number of nitrogens with zero attached hydrogens (tertiary/aromatic N) is 2. The SMILES string of the molecule is CCOC(=O)Cc1cc2c(cc1OC)[C@@H](N(Cc1cc(C(F)(F)F)cc(C(F)(F)F)c1)C(=O)OC)C[C@@H](C)N2C(=O)OCC. The molecule has 1 aliphatic rings. The highest BCUT2D eigenvalue weighted by molar-refractivity contribution is 5.91. The largest absolute Gasteiger partial charge is 0.496 e. The molecule has 0 fully saturated rings. The minimum absolute atomic E-state index is 0.00285. The number of alkyl halides is 6. The molecule has 9 nitrogen and oxygen atoms in total. The van der Waals surface area contributed by atoms with Crippen molar-refractivity contribution >= 4 is 23.8 Å². The van der Waals surface area contributed by atoms with Crippen LogP contribution in [0.4, 0.5) is 41.6 Å². The van der Waals surface area contributed by atoms with Gasteiger partial charge in [0.25, 0.3) is 0 Å². The molecule has 0 saturated carbocycles. The second-order valence-corrected chi connectivity index (χ2v) is 9.89. The molecule has 0 bridgehead atoms. The predicted molar refractivity (Wildman–Crippen MR) is 144 cm³/mol. The molecule has 44 heavy (non-hydrogen) atoms. The van der Waals surface area contributed by atoms with Crippen LogP contribution >= 0.6 is 0 Å². The van der Waals surface area contributed by atoms with E-state index in [-0.39, 0.29) is 49.1 Å². The third kappa shape index (κ3) is 7.66. The molecule has 2 amide bonds. The van der Waals surface area contributed by atoms with E-state index in [0.717, 1.165) is 12.0 Å². The maximum absolute atomic E-state index is 13.6. The minimum Gasteiger partial charge on any atom is -0.496 e. The van der Waals surface area contributed by atoms with Crippen LogP contribution in [0.2, 0.25) is 0 Å². The number of anilines is 1. The topological polar surface area (TPSA) is 94.6 Å². The third-order valence-electron chi connectivity index (χ3n) is 6.94. The fraction of sp³-hybridized carbons (Fsp3) is 0.483. The number of methoxy groups -OCH3 is 2. The van der Waals surface area contributed by atoms with Crippen LogP contribution in [-0.2, 0) is 44.3 Å². The molecule has 1 aliphatic heterocycles. The van der Waals surface area contributed by atoms with Gasteiger partial charge in [0.1, 0.15) is 5.75 Å². The maximum Gasteiger partial charge on any atom is 0.416 e. The summed E-state index contributed by atoms with van der Waals surface area (Å²) in [6.07, 6.45) is -12.2. The Hall–Kier alpha value is -4.17. The van der Waals surface area contributed by atoms with Crippen molar-refractivity contribution in [1.82, 2.24) is 4.90 Å². The summed E-state index contributed by atoms with van der Waals surface area (Å²) < 4.78 is 102. The highest BCUT2D eigenvalue weighted by Gasteiger charge is 2.41. The molecular weight excluding hydrogens is 602 g/mol. The van der Waals surface area contributed by atoms with Crippen LogP contribution in [0.3, 0.4) is 0 Å². The molecule has 0 unspecified atom stereocenters.